The molecule has 2 amide bonds. The first kappa shape index (κ1) is 18.3. The second-order valence-electron chi connectivity index (χ2n) is 5.96. The molecule has 7 heteroatoms. The van der Waals surface area contributed by atoms with E-state index in [0.717, 1.165) is 17.7 Å². The molecule has 1 atom stereocenters. The zero-order valence-electron chi connectivity index (χ0n) is 14.3. The number of carbonyl (C=O) groups excluding carboxylic acids is 1. The van der Waals surface area contributed by atoms with E-state index in [9.17, 15) is 4.79 Å². The van der Waals surface area contributed by atoms with Gasteiger partial charge in [-0.3, -0.25) is 4.68 Å². The van der Waals surface area contributed by atoms with E-state index in [4.69, 9.17) is 11.6 Å². The summed E-state index contributed by atoms with van der Waals surface area (Å²) in [5.41, 5.74) is 2.10. The molecule has 0 aliphatic rings. The quantitative estimate of drug-likeness (QED) is 0.805. The van der Waals surface area contributed by atoms with Crippen molar-refractivity contribution in [2.24, 2.45) is 7.05 Å². The smallest absolute Gasteiger partial charge is 0.315 e. The number of amides is 2. The van der Waals surface area contributed by atoms with Gasteiger partial charge in [-0.15, -0.1) is 0 Å². The number of aromatic nitrogens is 2. The third-order valence-electron chi connectivity index (χ3n) is 3.71. The van der Waals surface area contributed by atoms with E-state index in [-0.39, 0.29) is 12.1 Å². The van der Waals surface area contributed by atoms with E-state index < -0.39 is 0 Å². The first-order valence-electron chi connectivity index (χ1n) is 7.87. The standard InChI is InChI=1S/C17H24ClN5O/c1-22(2)12-16(13-4-6-14(18)7-5-13)21-17(24)19-10-8-15-9-11-20-23(15)3/h4-7,9,11,16H,8,10,12H2,1-3H3,(H2,19,21,24)/t16-/m0/s1. The number of rotatable bonds is 7. The van der Waals surface area contributed by atoms with Crippen LogP contribution in [0.15, 0.2) is 36.5 Å². The molecule has 0 saturated carbocycles. The van der Waals surface area contributed by atoms with Crippen LogP contribution in [0.3, 0.4) is 0 Å². The average molecular weight is 350 g/mol. The summed E-state index contributed by atoms with van der Waals surface area (Å²) in [6, 6.07) is 9.21. The Morgan fingerprint density at radius 2 is 2.00 bits per heavy atom. The second kappa shape index (κ2) is 8.70. The van der Waals surface area contributed by atoms with Gasteiger partial charge in [-0.1, -0.05) is 23.7 Å². The molecule has 2 rings (SSSR count). The number of carbonyl (C=O) groups is 1. The van der Waals surface area contributed by atoms with E-state index >= 15 is 0 Å². The Morgan fingerprint density at radius 1 is 1.29 bits per heavy atom. The molecule has 0 aliphatic carbocycles. The Labute approximate surface area is 147 Å². The highest BCUT2D eigenvalue weighted by Gasteiger charge is 2.15. The summed E-state index contributed by atoms with van der Waals surface area (Å²) in [6.07, 6.45) is 2.49. The molecule has 1 heterocycles. The summed E-state index contributed by atoms with van der Waals surface area (Å²) in [5.74, 6) is 0. The molecule has 0 unspecified atom stereocenters. The van der Waals surface area contributed by atoms with Crippen molar-refractivity contribution in [1.82, 2.24) is 25.3 Å². The number of urea groups is 1. The Balaban J connectivity index is 1.89. The van der Waals surface area contributed by atoms with Crippen molar-refractivity contribution in [1.29, 1.82) is 0 Å². The van der Waals surface area contributed by atoms with Gasteiger partial charge < -0.3 is 15.5 Å². The first-order valence-corrected chi connectivity index (χ1v) is 8.25. The highest BCUT2D eigenvalue weighted by atomic mass is 35.5. The maximum absolute atomic E-state index is 12.2. The van der Waals surface area contributed by atoms with Crippen LogP contribution in [0.25, 0.3) is 0 Å². The number of halogens is 1. The van der Waals surface area contributed by atoms with Gasteiger partial charge in [0, 0.05) is 43.5 Å². The Morgan fingerprint density at radius 3 is 2.58 bits per heavy atom. The molecule has 2 N–H and O–H groups in total. The Hall–Kier alpha value is -2.05. The van der Waals surface area contributed by atoms with Gasteiger partial charge in [-0.05, 0) is 37.9 Å². The molecule has 24 heavy (non-hydrogen) atoms. The first-order chi connectivity index (χ1) is 11.5. The average Bonchev–Trinajstić information content (AvgIpc) is 2.92. The predicted octanol–water partition coefficient (Wildman–Crippen LogP) is 2.22. The van der Waals surface area contributed by atoms with Gasteiger partial charge in [-0.2, -0.15) is 5.10 Å². The van der Waals surface area contributed by atoms with Gasteiger partial charge >= 0.3 is 6.03 Å². The largest absolute Gasteiger partial charge is 0.338 e. The number of hydrogen-bond donors (Lipinski definition) is 2. The van der Waals surface area contributed by atoms with Crippen LogP contribution in [0.1, 0.15) is 17.3 Å². The van der Waals surface area contributed by atoms with Crippen molar-refractivity contribution in [3.63, 3.8) is 0 Å². The maximum Gasteiger partial charge on any atom is 0.315 e. The van der Waals surface area contributed by atoms with Crippen LogP contribution in [0.5, 0.6) is 0 Å². The minimum atomic E-state index is -0.182. The van der Waals surface area contributed by atoms with Gasteiger partial charge in [0.25, 0.3) is 0 Å². The van der Waals surface area contributed by atoms with E-state index in [1.54, 1.807) is 6.20 Å². The molecule has 0 spiro atoms. The zero-order chi connectivity index (χ0) is 17.5. The summed E-state index contributed by atoms with van der Waals surface area (Å²) in [6.45, 7) is 1.26. The van der Waals surface area contributed by atoms with Gasteiger partial charge in [-0.25, -0.2) is 4.79 Å². The molecule has 130 valence electrons. The zero-order valence-corrected chi connectivity index (χ0v) is 15.0. The minimum Gasteiger partial charge on any atom is -0.338 e. The minimum absolute atomic E-state index is 0.103. The van der Waals surface area contributed by atoms with Gasteiger partial charge in [0.2, 0.25) is 0 Å². The second-order valence-corrected chi connectivity index (χ2v) is 6.40. The third-order valence-corrected chi connectivity index (χ3v) is 3.97. The van der Waals surface area contributed by atoms with Gasteiger partial charge in [0.05, 0.1) is 6.04 Å². The molecule has 0 aliphatic heterocycles. The van der Waals surface area contributed by atoms with Crippen LogP contribution in [-0.4, -0.2) is 47.9 Å². The number of nitrogens with zero attached hydrogens (tertiary/aromatic N) is 3. The van der Waals surface area contributed by atoms with E-state index in [2.05, 4.69) is 15.7 Å². The van der Waals surface area contributed by atoms with Crippen molar-refractivity contribution < 1.29 is 4.79 Å². The summed E-state index contributed by atoms with van der Waals surface area (Å²) in [4.78, 5) is 14.2. The van der Waals surface area contributed by atoms with Gasteiger partial charge in [0.15, 0.2) is 0 Å². The number of hydrogen-bond acceptors (Lipinski definition) is 3. The summed E-state index contributed by atoms with van der Waals surface area (Å²) in [7, 11) is 5.85. The van der Waals surface area contributed by atoms with E-state index in [1.165, 1.54) is 0 Å². The fourth-order valence-electron chi connectivity index (χ4n) is 2.45. The summed E-state index contributed by atoms with van der Waals surface area (Å²) < 4.78 is 1.81. The van der Waals surface area contributed by atoms with E-state index in [1.807, 2.05) is 61.1 Å². The van der Waals surface area contributed by atoms with Crippen LogP contribution in [-0.2, 0) is 13.5 Å². The molecule has 1 aromatic heterocycles. The fourth-order valence-corrected chi connectivity index (χ4v) is 2.58. The van der Waals surface area contributed by atoms with Crippen molar-refractivity contribution in [2.75, 3.05) is 27.2 Å². The topological polar surface area (TPSA) is 62.2 Å². The molecule has 0 saturated heterocycles. The number of aryl methyl sites for hydroxylation is 1. The summed E-state index contributed by atoms with van der Waals surface area (Å²) >= 11 is 5.94. The van der Waals surface area contributed by atoms with Crippen LogP contribution in [0, 0.1) is 0 Å². The van der Waals surface area contributed by atoms with Crippen molar-refractivity contribution in [3.8, 4) is 0 Å². The molecule has 1 aromatic carbocycles. The predicted molar refractivity (Wildman–Crippen MR) is 96.2 cm³/mol. The lowest BCUT2D eigenvalue weighted by molar-refractivity contribution is 0.233. The molecule has 2 aromatic rings. The van der Waals surface area contributed by atoms with Crippen molar-refractivity contribution >= 4 is 17.6 Å². The molecule has 0 fully saturated rings. The van der Waals surface area contributed by atoms with Crippen LogP contribution >= 0.6 is 11.6 Å². The van der Waals surface area contributed by atoms with Crippen molar-refractivity contribution in [2.45, 2.75) is 12.5 Å². The van der Waals surface area contributed by atoms with Crippen LogP contribution in [0.4, 0.5) is 4.79 Å². The highest BCUT2D eigenvalue weighted by Crippen LogP contribution is 2.17. The Kier molecular flexibility index (Phi) is 6.63. The summed E-state index contributed by atoms with van der Waals surface area (Å²) in [5, 5.41) is 10.7. The SMILES string of the molecule is CN(C)C[C@H](NC(=O)NCCc1ccnn1C)c1ccc(Cl)cc1. The monoisotopic (exact) mass is 349 g/mol. The lowest BCUT2D eigenvalue weighted by atomic mass is 10.1. The molecule has 0 bridgehead atoms. The third kappa shape index (κ3) is 5.54. The lowest BCUT2D eigenvalue weighted by Gasteiger charge is -2.23. The fraction of sp³-hybridized carbons (Fsp3) is 0.412. The molecular formula is C17H24ClN5O. The number of likely N-dealkylation sites (N-methyl/N-ethyl adjacent to an activating group) is 1. The maximum atomic E-state index is 12.2. The van der Waals surface area contributed by atoms with Gasteiger partial charge in [0.1, 0.15) is 0 Å². The molecule has 6 nitrogen and oxygen atoms in total. The van der Waals surface area contributed by atoms with Crippen molar-refractivity contribution in [3.05, 3.63) is 52.8 Å². The van der Waals surface area contributed by atoms with E-state index in [0.29, 0.717) is 18.1 Å². The number of nitrogens with one attached hydrogen (secondary N) is 2. The molecule has 0 radical (unpaired) electrons. The number of benzene rings is 1. The highest BCUT2D eigenvalue weighted by molar-refractivity contribution is 6.30. The normalized spacial score (nSPS) is 12.2. The molecular weight excluding hydrogens is 326 g/mol. The van der Waals surface area contributed by atoms with Crippen LogP contribution < -0.4 is 10.6 Å². The lowest BCUT2D eigenvalue weighted by Crippen LogP contribution is -2.42. The Bertz CT molecular complexity index is 653. The van der Waals surface area contributed by atoms with Crippen LogP contribution in [0.2, 0.25) is 5.02 Å².